The molecular formula is C23H25Cl2N3O3. The first-order valence-corrected chi connectivity index (χ1v) is 11.0. The Morgan fingerprint density at radius 2 is 1.39 bits per heavy atom. The highest BCUT2D eigenvalue weighted by Gasteiger charge is 2.46. The molecule has 0 radical (unpaired) electrons. The monoisotopic (exact) mass is 461 g/mol. The average Bonchev–Trinajstić information content (AvgIpc) is 2.78. The highest BCUT2D eigenvalue weighted by atomic mass is 35.5. The zero-order chi connectivity index (χ0) is 22.2. The summed E-state index contributed by atoms with van der Waals surface area (Å²) >= 11 is 11.9. The molecule has 0 aliphatic carbocycles. The predicted molar refractivity (Wildman–Crippen MR) is 121 cm³/mol. The summed E-state index contributed by atoms with van der Waals surface area (Å²) in [5, 5.41) is 11.3. The Hall–Kier alpha value is -2.12. The van der Waals surface area contributed by atoms with Gasteiger partial charge in [0.05, 0.1) is 12.1 Å². The van der Waals surface area contributed by atoms with Crippen molar-refractivity contribution in [3.8, 4) is 0 Å². The Labute approximate surface area is 191 Å². The topological polar surface area (TPSA) is 64.1 Å². The maximum Gasteiger partial charge on any atom is 0.253 e. The summed E-state index contributed by atoms with van der Waals surface area (Å²) in [5.74, 6) is -0.152. The van der Waals surface area contributed by atoms with Gasteiger partial charge in [0.2, 0.25) is 0 Å². The lowest BCUT2D eigenvalue weighted by Gasteiger charge is -2.56. The number of aliphatic hydroxyl groups is 1. The van der Waals surface area contributed by atoms with Crippen LogP contribution in [0.3, 0.4) is 0 Å². The Balaban J connectivity index is 1.54. The van der Waals surface area contributed by atoms with Crippen molar-refractivity contribution < 1.29 is 14.7 Å². The van der Waals surface area contributed by atoms with Gasteiger partial charge in [-0.25, -0.2) is 0 Å². The first-order valence-electron chi connectivity index (χ1n) is 10.3. The number of hydrogen-bond acceptors (Lipinski definition) is 4. The molecule has 1 N–H and O–H groups in total. The number of fused-ring (bicyclic) bond motifs is 1. The molecule has 2 heterocycles. The van der Waals surface area contributed by atoms with Gasteiger partial charge in [0.1, 0.15) is 0 Å². The molecule has 2 saturated heterocycles. The average molecular weight is 462 g/mol. The second kappa shape index (κ2) is 8.79. The van der Waals surface area contributed by atoms with Gasteiger partial charge in [0.25, 0.3) is 11.8 Å². The highest BCUT2D eigenvalue weighted by molar-refractivity contribution is 6.31. The van der Waals surface area contributed by atoms with Crippen LogP contribution in [0.4, 0.5) is 0 Å². The fourth-order valence-electron chi connectivity index (χ4n) is 4.57. The van der Waals surface area contributed by atoms with Gasteiger partial charge in [-0.05, 0) is 55.5 Å². The van der Waals surface area contributed by atoms with E-state index in [1.807, 2.05) is 11.8 Å². The number of halogens is 2. The number of benzene rings is 2. The first-order chi connectivity index (χ1) is 14.8. The van der Waals surface area contributed by atoms with Crippen LogP contribution in [0, 0.1) is 0 Å². The van der Waals surface area contributed by atoms with Crippen molar-refractivity contribution in [2.45, 2.75) is 18.5 Å². The summed E-state index contributed by atoms with van der Waals surface area (Å²) in [4.78, 5) is 32.0. The van der Waals surface area contributed by atoms with Crippen LogP contribution in [0.2, 0.25) is 10.0 Å². The third-order valence-corrected chi connectivity index (χ3v) is 6.74. The molecule has 2 aromatic rings. The molecule has 2 amide bonds. The molecular weight excluding hydrogens is 437 g/mol. The number of rotatable bonds is 3. The molecule has 4 rings (SSSR count). The van der Waals surface area contributed by atoms with Gasteiger partial charge in [0.15, 0.2) is 0 Å². The number of amides is 2. The minimum absolute atomic E-state index is 0.0526. The number of nitrogens with zero attached hydrogens (tertiary/aromatic N) is 3. The second-order valence-corrected chi connectivity index (χ2v) is 9.33. The van der Waals surface area contributed by atoms with E-state index in [1.165, 1.54) is 0 Å². The minimum Gasteiger partial charge on any atom is -0.394 e. The molecule has 2 aliphatic heterocycles. The fourth-order valence-corrected chi connectivity index (χ4v) is 4.83. The van der Waals surface area contributed by atoms with Gasteiger partial charge >= 0.3 is 0 Å². The molecule has 0 bridgehead atoms. The van der Waals surface area contributed by atoms with E-state index in [2.05, 4.69) is 4.90 Å². The molecule has 0 aromatic heterocycles. The smallest absolute Gasteiger partial charge is 0.253 e. The third kappa shape index (κ3) is 4.44. The zero-order valence-corrected chi connectivity index (χ0v) is 18.8. The van der Waals surface area contributed by atoms with Crippen LogP contribution in [0.5, 0.6) is 0 Å². The summed E-state index contributed by atoms with van der Waals surface area (Å²) in [6.45, 7) is 4.51. The molecule has 8 heteroatoms. The van der Waals surface area contributed by atoms with Crippen LogP contribution in [-0.2, 0) is 0 Å². The van der Waals surface area contributed by atoms with Gasteiger partial charge in [-0.2, -0.15) is 0 Å². The lowest BCUT2D eigenvalue weighted by molar-refractivity contribution is -0.0783. The molecule has 2 aliphatic rings. The molecule has 0 spiro atoms. The van der Waals surface area contributed by atoms with Gasteiger partial charge < -0.3 is 14.9 Å². The highest BCUT2D eigenvalue weighted by Crippen LogP contribution is 2.30. The molecule has 2 atom stereocenters. The number of hydrogen-bond donors (Lipinski definition) is 1. The van der Waals surface area contributed by atoms with E-state index >= 15 is 0 Å². The SMILES string of the molecule is C[C@@]1(CO)CN(C(=O)c2ccc(Cl)cc2)C[C@@H]2CN(C(=O)c3ccc(Cl)cc3)CCN21. The van der Waals surface area contributed by atoms with Gasteiger partial charge in [-0.3, -0.25) is 14.5 Å². The lowest BCUT2D eigenvalue weighted by Crippen LogP contribution is -2.72. The van der Waals surface area contributed by atoms with E-state index in [-0.39, 0.29) is 24.5 Å². The van der Waals surface area contributed by atoms with E-state index in [4.69, 9.17) is 23.2 Å². The molecule has 0 unspecified atom stereocenters. The van der Waals surface area contributed by atoms with Crippen LogP contribution >= 0.6 is 23.2 Å². The van der Waals surface area contributed by atoms with Crippen LogP contribution in [0.25, 0.3) is 0 Å². The maximum atomic E-state index is 13.1. The van der Waals surface area contributed by atoms with Crippen molar-refractivity contribution >= 4 is 35.0 Å². The van der Waals surface area contributed by atoms with Crippen LogP contribution in [0.15, 0.2) is 48.5 Å². The molecule has 31 heavy (non-hydrogen) atoms. The standard InChI is InChI=1S/C23H25Cl2N3O3/c1-23(15-29)14-27(22(31)17-4-8-19(25)9-5-17)13-20-12-26(10-11-28(20)23)21(30)16-2-6-18(24)7-3-16/h2-9,20,29H,10-15H2,1H3/t20-,23-/m0/s1. The van der Waals surface area contributed by atoms with Gasteiger partial charge in [0, 0.05) is 59.9 Å². The second-order valence-electron chi connectivity index (χ2n) is 8.45. The Bertz CT molecular complexity index is 965. The van der Waals surface area contributed by atoms with Crippen molar-refractivity contribution in [2.75, 3.05) is 39.3 Å². The summed E-state index contributed by atoms with van der Waals surface area (Å²) in [6.07, 6.45) is 0. The maximum absolute atomic E-state index is 13.1. The van der Waals surface area contributed by atoms with Gasteiger partial charge in [-0.1, -0.05) is 23.2 Å². The van der Waals surface area contributed by atoms with Crippen molar-refractivity contribution in [1.29, 1.82) is 0 Å². The summed E-state index contributed by atoms with van der Waals surface area (Å²) in [7, 11) is 0. The van der Waals surface area contributed by atoms with Gasteiger partial charge in [-0.15, -0.1) is 0 Å². The van der Waals surface area contributed by atoms with E-state index < -0.39 is 5.54 Å². The first kappa shape index (κ1) is 22.1. The summed E-state index contributed by atoms with van der Waals surface area (Å²) < 4.78 is 0. The molecule has 2 fully saturated rings. The van der Waals surface area contributed by atoms with Crippen molar-refractivity contribution in [2.24, 2.45) is 0 Å². The molecule has 6 nitrogen and oxygen atoms in total. The summed E-state index contributed by atoms with van der Waals surface area (Å²) in [5.41, 5.74) is 0.580. The molecule has 2 aromatic carbocycles. The van der Waals surface area contributed by atoms with E-state index in [0.29, 0.717) is 53.9 Å². The van der Waals surface area contributed by atoms with E-state index in [9.17, 15) is 14.7 Å². The number of carbonyl (C=O) groups excluding carboxylic acids is 2. The van der Waals surface area contributed by atoms with Crippen molar-refractivity contribution in [1.82, 2.24) is 14.7 Å². The van der Waals surface area contributed by atoms with Crippen LogP contribution < -0.4 is 0 Å². The number of aliphatic hydroxyl groups excluding tert-OH is 1. The van der Waals surface area contributed by atoms with E-state index in [1.54, 1.807) is 53.4 Å². The zero-order valence-electron chi connectivity index (χ0n) is 17.3. The van der Waals surface area contributed by atoms with Crippen LogP contribution in [-0.4, -0.2) is 82.5 Å². The quantitative estimate of drug-likeness (QED) is 0.762. The Morgan fingerprint density at radius 1 is 0.903 bits per heavy atom. The van der Waals surface area contributed by atoms with Crippen molar-refractivity contribution in [3.05, 3.63) is 69.7 Å². The van der Waals surface area contributed by atoms with Crippen molar-refractivity contribution in [3.63, 3.8) is 0 Å². The minimum atomic E-state index is -0.569. The third-order valence-electron chi connectivity index (χ3n) is 6.24. The van der Waals surface area contributed by atoms with Crippen LogP contribution in [0.1, 0.15) is 27.6 Å². The normalized spacial score (nSPS) is 24.1. The summed E-state index contributed by atoms with van der Waals surface area (Å²) in [6, 6.07) is 13.6. The largest absolute Gasteiger partial charge is 0.394 e. The Morgan fingerprint density at radius 3 is 1.90 bits per heavy atom. The predicted octanol–water partition coefficient (Wildman–Crippen LogP) is 3.03. The number of carbonyl (C=O) groups is 2. The number of piperazine rings is 2. The molecule has 0 saturated carbocycles. The van der Waals surface area contributed by atoms with E-state index in [0.717, 1.165) is 0 Å². The fraction of sp³-hybridized carbons (Fsp3) is 0.391. The molecule has 164 valence electrons. The Kier molecular flexibility index (Phi) is 6.26. The lowest BCUT2D eigenvalue weighted by atomic mass is 9.91.